The number of nitrogens with zero attached hydrogens (tertiary/aromatic N) is 1. The van der Waals surface area contributed by atoms with E-state index >= 15 is 0 Å². The number of carboxylic acids is 1. The topological polar surface area (TPSA) is 99.1 Å². The molecular formula is C11H21N3O2. The summed E-state index contributed by atoms with van der Waals surface area (Å²) in [7, 11) is 0. The largest absolute Gasteiger partial charge is 0.480 e. The Morgan fingerprint density at radius 3 is 2.62 bits per heavy atom. The Balaban J connectivity index is 4.10. The fourth-order valence-electron chi connectivity index (χ4n) is 1.49. The molecule has 0 aromatic rings. The number of carbonyl (C=O) groups is 1. The summed E-state index contributed by atoms with van der Waals surface area (Å²) in [6.45, 7) is 2.54. The van der Waals surface area contributed by atoms with E-state index < -0.39 is 12.0 Å². The average Bonchev–Trinajstić information content (AvgIpc) is 2.26. The number of rotatable bonds is 9. The van der Waals surface area contributed by atoms with Crippen molar-refractivity contribution in [2.75, 3.05) is 6.54 Å². The second kappa shape index (κ2) is 9.13. The molecule has 0 aliphatic heterocycles. The predicted octanol–water partition coefficient (Wildman–Crippen LogP) is 0.850. The molecule has 4 N–H and O–H groups in total. The van der Waals surface area contributed by atoms with Crippen LogP contribution in [0.1, 0.15) is 39.0 Å². The standard InChI is InChI=1S/C11H21N3O2/c1-2-5-9(8-13)14-10(11(15)16)6-3-4-7-12/h9-10,14H,2-7,12H2,1H3,(H,15,16)/t9?,10-/m0/s1. The van der Waals surface area contributed by atoms with Crippen LogP contribution in [0.15, 0.2) is 0 Å². The van der Waals surface area contributed by atoms with Crippen molar-refractivity contribution in [3.8, 4) is 6.07 Å². The van der Waals surface area contributed by atoms with Crippen LogP contribution in [0, 0.1) is 11.3 Å². The van der Waals surface area contributed by atoms with Gasteiger partial charge in [0.15, 0.2) is 0 Å². The minimum atomic E-state index is -0.895. The van der Waals surface area contributed by atoms with Gasteiger partial charge in [0.05, 0.1) is 12.1 Å². The summed E-state index contributed by atoms with van der Waals surface area (Å²) < 4.78 is 0. The van der Waals surface area contributed by atoms with E-state index in [4.69, 9.17) is 16.1 Å². The van der Waals surface area contributed by atoms with Gasteiger partial charge in [0.1, 0.15) is 6.04 Å². The molecule has 92 valence electrons. The van der Waals surface area contributed by atoms with E-state index in [1.54, 1.807) is 0 Å². The molecule has 0 aromatic carbocycles. The van der Waals surface area contributed by atoms with Gasteiger partial charge in [0.2, 0.25) is 0 Å². The first-order valence-corrected chi connectivity index (χ1v) is 5.74. The van der Waals surface area contributed by atoms with Crippen LogP contribution in [0.4, 0.5) is 0 Å². The van der Waals surface area contributed by atoms with Gasteiger partial charge in [-0.25, -0.2) is 0 Å². The summed E-state index contributed by atoms with van der Waals surface area (Å²) in [5.41, 5.74) is 5.35. The van der Waals surface area contributed by atoms with Gasteiger partial charge in [-0.3, -0.25) is 10.1 Å². The van der Waals surface area contributed by atoms with Crippen LogP contribution in [-0.2, 0) is 4.79 Å². The molecule has 0 amide bonds. The lowest BCUT2D eigenvalue weighted by Gasteiger charge is -2.17. The Hall–Kier alpha value is -1.12. The zero-order valence-electron chi connectivity index (χ0n) is 9.78. The number of hydrogen-bond donors (Lipinski definition) is 3. The minimum absolute atomic E-state index is 0.371. The maximum atomic E-state index is 10.9. The van der Waals surface area contributed by atoms with E-state index in [0.717, 1.165) is 19.3 Å². The van der Waals surface area contributed by atoms with Gasteiger partial charge in [-0.05, 0) is 25.8 Å². The number of carboxylic acid groups (broad SMARTS) is 1. The molecule has 0 heterocycles. The quantitative estimate of drug-likeness (QED) is 0.507. The van der Waals surface area contributed by atoms with Crippen molar-refractivity contribution in [1.29, 1.82) is 5.26 Å². The maximum absolute atomic E-state index is 10.9. The van der Waals surface area contributed by atoms with Crippen LogP contribution in [0.5, 0.6) is 0 Å². The first-order valence-electron chi connectivity index (χ1n) is 5.74. The highest BCUT2D eigenvalue weighted by molar-refractivity contribution is 5.73. The van der Waals surface area contributed by atoms with Crippen molar-refractivity contribution in [3.05, 3.63) is 0 Å². The Labute approximate surface area is 96.6 Å². The maximum Gasteiger partial charge on any atom is 0.320 e. The number of nitrogens with one attached hydrogen (secondary N) is 1. The van der Waals surface area contributed by atoms with Crippen LogP contribution in [0.3, 0.4) is 0 Å². The van der Waals surface area contributed by atoms with Crippen molar-refractivity contribution in [1.82, 2.24) is 5.32 Å². The molecule has 0 bridgehead atoms. The summed E-state index contributed by atoms with van der Waals surface area (Å²) >= 11 is 0. The van der Waals surface area contributed by atoms with Crippen LogP contribution in [-0.4, -0.2) is 29.7 Å². The van der Waals surface area contributed by atoms with Gasteiger partial charge >= 0.3 is 5.97 Å². The molecule has 0 saturated carbocycles. The van der Waals surface area contributed by atoms with Gasteiger partial charge in [-0.2, -0.15) is 5.26 Å². The lowest BCUT2D eigenvalue weighted by molar-refractivity contribution is -0.139. The third-order valence-electron chi connectivity index (χ3n) is 2.38. The normalized spacial score (nSPS) is 14.1. The molecule has 5 nitrogen and oxygen atoms in total. The van der Waals surface area contributed by atoms with Gasteiger partial charge in [0.25, 0.3) is 0 Å². The fourth-order valence-corrected chi connectivity index (χ4v) is 1.49. The van der Waals surface area contributed by atoms with E-state index in [1.807, 2.05) is 6.92 Å². The summed E-state index contributed by atoms with van der Waals surface area (Å²) in [6.07, 6.45) is 3.65. The highest BCUT2D eigenvalue weighted by atomic mass is 16.4. The van der Waals surface area contributed by atoms with Crippen LogP contribution >= 0.6 is 0 Å². The molecule has 0 aromatic heterocycles. The molecule has 0 fully saturated rings. The van der Waals surface area contributed by atoms with E-state index in [2.05, 4.69) is 11.4 Å². The van der Waals surface area contributed by atoms with Gasteiger partial charge in [-0.1, -0.05) is 19.8 Å². The predicted molar refractivity (Wildman–Crippen MR) is 61.8 cm³/mol. The van der Waals surface area contributed by atoms with Gasteiger partial charge < -0.3 is 10.8 Å². The monoisotopic (exact) mass is 227 g/mol. The molecule has 0 aliphatic carbocycles. The number of aliphatic carboxylic acids is 1. The number of unbranched alkanes of at least 4 members (excludes halogenated alkanes) is 1. The third kappa shape index (κ3) is 6.38. The van der Waals surface area contributed by atoms with Gasteiger partial charge in [-0.15, -0.1) is 0 Å². The lowest BCUT2D eigenvalue weighted by Crippen LogP contribution is -2.42. The van der Waals surface area contributed by atoms with Crippen LogP contribution in [0.2, 0.25) is 0 Å². The van der Waals surface area contributed by atoms with Crippen LogP contribution in [0.25, 0.3) is 0 Å². The van der Waals surface area contributed by atoms with E-state index in [9.17, 15) is 4.79 Å². The second-order valence-corrected chi connectivity index (χ2v) is 3.81. The summed E-state index contributed by atoms with van der Waals surface area (Å²) in [5.74, 6) is -0.895. The third-order valence-corrected chi connectivity index (χ3v) is 2.38. The Morgan fingerprint density at radius 1 is 1.50 bits per heavy atom. The van der Waals surface area contributed by atoms with Crippen LogP contribution < -0.4 is 11.1 Å². The van der Waals surface area contributed by atoms with E-state index in [1.165, 1.54) is 0 Å². The second-order valence-electron chi connectivity index (χ2n) is 3.81. The minimum Gasteiger partial charge on any atom is -0.480 e. The molecule has 2 atom stereocenters. The number of nitrogens with two attached hydrogens (primary N) is 1. The highest BCUT2D eigenvalue weighted by Crippen LogP contribution is 2.04. The SMILES string of the molecule is CCCC(C#N)N[C@@H](CCCCN)C(=O)O. The molecule has 16 heavy (non-hydrogen) atoms. The first kappa shape index (κ1) is 14.9. The van der Waals surface area contributed by atoms with Crippen molar-refractivity contribution in [3.63, 3.8) is 0 Å². The molecule has 0 spiro atoms. The van der Waals surface area contributed by atoms with Crippen molar-refractivity contribution < 1.29 is 9.90 Å². The van der Waals surface area contributed by atoms with Gasteiger partial charge in [0, 0.05) is 0 Å². The smallest absolute Gasteiger partial charge is 0.320 e. The molecule has 0 saturated heterocycles. The van der Waals surface area contributed by atoms with Crippen molar-refractivity contribution in [2.24, 2.45) is 5.73 Å². The Kier molecular flexibility index (Phi) is 8.49. The zero-order valence-corrected chi connectivity index (χ0v) is 9.78. The number of nitriles is 1. The number of hydrogen-bond acceptors (Lipinski definition) is 4. The summed E-state index contributed by atoms with van der Waals surface area (Å²) in [5, 5.41) is 20.7. The molecule has 0 rings (SSSR count). The van der Waals surface area contributed by atoms with E-state index in [-0.39, 0.29) is 6.04 Å². The molecule has 0 radical (unpaired) electrons. The fraction of sp³-hybridized carbons (Fsp3) is 0.818. The lowest BCUT2D eigenvalue weighted by atomic mass is 10.1. The zero-order chi connectivity index (χ0) is 12.4. The average molecular weight is 227 g/mol. The molecule has 0 aliphatic rings. The molecule has 1 unspecified atom stereocenters. The molecule has 5 heteroatoms. The summed E-state index contributed by atoms with van der Waals surface area (Å²) in [6, 6.07) is 1.07. The summed E-state index contributed by atoms with van der Waals surface area (Å²) in [4.78, 5) is 10.9. The molecular weight excluding hydrogens is 206 g/mol. The Morgan fingerprint density at radius 2 is 2.19 bits per heavy atom. The first-order chi connectivity index (χ1) is 7.65. The van der Waals surface area contributed by atoms with Crippen molar-refractivity contribution >= 4 is 5.97 Å². The van der Waals surface area contributed by atoms with E-state index in [0.29, 0.717) is 19.4 Å². The van der Waals surface area contributed by atoms with Crippen molar-refractivity contribution in [2.45, 2.75) is 51.1 Å². The Bertz CT molecular complexity index is 238. The highest BCUT2D eigenvalue weighted by Gasteiger charge is 2.20.